The lowest BCUT2D eigenvalue weighted by Gasteiger charge is -2.29. The maximum Gasteiger partial charge on any atom is 0.225 e. The third-order valence-corrected chi connectivity index (χ3v) is 6.23. The Balaban J connectivity index is 1.44. The third-order valence-electron chi connectivity index (χ3n) is 6.23. The van der Waals surface area contributed by atoms with Crippen LogP contribution in [0.2, 0.25) is 0 Å². The number of hydrogen-bond donors (Lipinski definition) is 1. The lowest BCUT2D eigenvalue weighted by atomic mass is 9.78. The van der Waals surface area contributed by atoms with Gasteiger partial charge in [0.25, 0.3) is 0 Å². The molecule has 2 aromatic carbocycles. The van der Waals surface area contributed by atoms with E-state index in [0.717, 1.165) is 22.6 Å². The van der Waals surface area contributed by atoms with Crippen LogP contribution in [0, 0.1) is 0 Å². The molecule has 1 aliphatic carbocycles. The van der Waals surface area contributed by atoms with Crippen molar-refractivity contribution >= 4 is 29.1 Å². The van der Waals surface area contributed by atoms with Gasteiger partial charge >= 0.3 is 0 Å². The predicted molar refractivity (Wildman–Crippen MR) is 122 cm³/mol. The zero-order valence-electron chi connectivity index (χ0n) is 16.6. The van der Waals surface area contributed by atoms with Crippen LogP contribution >= 0.6 is 0 Å². The molecule has 0 saturated heterocycles. The highest BCUT2D eigenvalue weighted by molar-refractivity contribution is 5.87. The van der Waals surface area contributed by atoms with E-state index in [1.807, 2.05) is 25.0 Å². The molecule has 30 heavy (non-hydrogen) atoms. The maximum atomic E-state index is 5.15. The van der Waals surface area contributed by atoms with Gasteiger partial charge in [-0.05, 0) is 42.5 Å². The normalized spacial score (nSPS) is 22.1. The summed E-state index contributed by atoms with van der Waals surface area (Å²) in [5.41, 5.74) is 10.2. The Morgan fingerprint density at radius 3 is 2.70 bits per heavy atom. The SMILES string of the molecule is C1=C[N+]2(Nc3ccc4cc(C5CCC5)c(-c5ccccc5)nc4c3)C=NC=C2C=N1. The van der Waals surface area contributed by atoms with Gasteiger partial charge in [0.05, 0.1) is 35.5 Å². The molecule has 0 radical (unpaired) electrons. The summed E-state index contributed by atoms with van der Waals surface area (Å²) in [5, 5.41) is 1.18. The molecule has 0 spiro atoms. The van der Waals surface area contributed by atoms with Gasteiger partial charge < -0.3 is 0 Å². The highest BCUT2D eigenvalue weighted by atomic mass is 15.7. The van der Waals surface area contributed by atoms with Crippen molar-refractivity contribution in [2.24, 2.45) is 9.98 Å². The molecule has 1 atom stereocenters. The molecular weight excluding hydrogens is 370 g/mol. The number of rotatable bonds is 4. The summed E-state index contributed by atoms with van der Waals surface area (Å²) in [6.07, 6.45) is 13.1. The number of nitrogens with one attached hydrogen (secondary N) is 1. The van der Waals surface area contributed by atoms with Gasteiger partial charge in [0, 0.05) is 10.9 Å². The third kappa shape index (κ3) is 2.78. The first-order valence-corrected chi connectivity index (χ1v) is 10.4. The lowest BCUT2D eigenvalue weighted by molar-refractivity contribution is -0.704. The summed E-state index contributed by atoms with van der Waals surface area (Å²) in [7, 11) is 0. The molecule has 1 saturated carbocycles. The fourth-order valence-corrected chi connectivity index (χ4v) is 4.35. The number of pyridine rings is 1. The molecule has 0 bridgehead atoms. The molecule has 6 rings (SSSR count). The van der Waals surface area contributed by atoms with Crippen molar-refractivity contribution in [3.05, 3.63) is 84.5 Å². The summed E-state index contributed by atoms with van der Waals surface area (Å²) >= 11 is 0. The van der Waals surface area contributed by atoms with Gasteiger partial charge in [-0.25, -0.2) is 15.4 Å². The first-order chi connectivity index (χ1) is 14.8. The van der Waals surface area contributed by atoms with Crippen LogP contribution < -0.4 is 5.43 Å². The first kappa shape index (κ1) is 17.3. The Kier molecular flexibility index (Phi) is 3.89. The Bertz CT molecular complexity index is 1250. The first-order valence-electron chi connectivity index (χ1n) is 10.4. The van der Waals surface area contributed by atoms with E-state index in [9.17, 15) is 0 Å². The molecule has 1 fully saturated rings. The second kappa shape index (κ2) is 6.75. The Morgan fingerprint density at radius 2 is 1.87 bits per heavy atom. The van der Waals surface area contributed by atoms with E-state index in [0.29, 0.717) is 10.5 Å². The molecule has 1 aromatic heterocycles. The molecule has 5 heteroatoms. The highest BCUT2D eigenvalue weighted by Crippen LogP contribution is 2.42. The Morgan fingerprint density at radius 1 is 0.967 bits per heavy atom. The van der Waals surface area contributed by atoms with Crippen molar-refractivity contribution in [2.75, 3.05) is 5.43 Å². The zero-order chi connectivity index (χ0) is 20.0. The summed E-state index contributed by atoms with van der Waals surface area (Å²) in [6, 6.07) is 19.3. The second-order valence-electron chi connectivity index (χ2n) is 8.11. The average molecular weight is 392 g/mol. The molecule has 1 N–H and O–H groups in total. The van der Waals surface area contributed by atoms with Crippen molar-refractivity contribution < 1.29 is 4.59 Å². The molecule has 1 unspecified atom stereocenters. The van der Waals surface area contributed by atoms with E-state index in [1.165, 1.54) is 35.8 Å². The quantitative estimate of drug-likeness (QED) is 0.575. The summed E-state index contributed by atoms with van der Waals surface area (Å²) < 4.78 is 0.334. The van der Waals surface area contributed by atoms with Gasteiger partial charge in [0.15, 0.2) is 6.20 Å². The molecule has 146 valence electrons. The number of benzene rings is 2. The molecule has 3 aromatic rings. The van der Waals surface area contributed by atoms with Crippen molar-refractivity contribution in [3.8, 4) is 11.3 Å². The van der Waals surface area contributed by atoms with E-state index in [-0.39, 0.29) is 0 Å². The smallest absolute Gasteiger partial charge is 0.225 e. The topological polar surface area (TPSA) is 49.6 Å². The van der Waals surface area contributed by atoms with Crippen molar-refractivity contribution in [1.29, 1.82) is 0 Å². The van der Waals surface area contributed by atoms with Gasteiger partial charge in [-0.15, -0.1) is 4.59 Å². The average Bonchev–Trinajstić information content (AvgIpc) is 3.16. The van der Waals surface area contributed by atoms with E-state index >= 15 is 0 Å². The Hall–Kier alpha value is -3.57. The number of quaternary nitrogens is 1. The largest absolute Gasteiger partial charge is 0.253 e. The standard InChI is InChI=1S/C25H22N5/c1-2-5-19(6-3-1)25-23(18-7-4-8-18)13-20-9-10-21(14-24(20)28-25)29-30-12-11-26-15-22(30)16-27-17-30/h1-3,5-6,9-18,29H,4,7-8H2/q+1. The van der Waals surface area contributed by atoms with E-state index in [4.69, 9.17) is 4.98 Å². The van der Waals surface area contributed by atoms with Crippen molar-refractivity contribution in [2.45, 2.75) is 25.2 Å². The lowest BCUT2D eigenvalue weighted by Crippen LogP contribution is -2.45. The minimum atomic E-state index is 0.334. The minimum absolute atomic E-state index is 0.334. The molecule has 3 aliphatic rings. The van der Waals surface area contributed by atoms with Crippen molar-refractivity contribution in [3.63, 3.8) is 0 Å². The number of aromatic nitrogens is 1. The van der Waals surface area contributed by atoms with E-state index < -0.39 is 0 Å². The maximum absolute atomic E-state index is 5.15. The number of allylic oxidation sites excluding steroid dienone is 1. The fraction of sp³-hybridized carbons (Fsp3) is 0.160. The van der Waals surface area contributed by atoms with Crippen LogP contribution in [0.3, 0.4) is 0 Å². The van der Waals surface area contributed by atoms with Crippen LogP contribution in [-0.4, -0.2) is 22.1 Å². The Labute approximate surface area is 175 Å². The molecule has 2 aliphatic heterocycles. The van der Waals surface area contributed by atoms with E-state index in [2.05, 4.69) is 70.0 Å². The van der Waals surface area contributed by atoms with Gasteiger partial charge in [-0.3, -0.25) is 4.99 Å². The molecular formula is C25H22N5+. The van der Waals surface area contributed by atoms with E-state index in [1.54, 1.807) is 6.20 Å². The van der Waals surface area contributed by atoms with Crippen LogP contribution in [0.25, 0.3) is 22.2 Å². The van der Waals surface area contributed by atoms with Crippen LogP contribution in [0.15, 0.2) is 88.9 Å². The van der Waals surface area contributed by atoms with Gasteiger partial charge in [0.2, 0.25) is 12.0 Å². The second-order valence-corrected chi connectivity index (χ2v) is 8.11. The zero-order valence-corrected chi connectivity index (χ0v) is 16.6. The number of aliphatic imine (C=N–C) groups is 2. The minimum Gasteiger partial charge on any atom is -0.253 e. The van der Waals surface area contributed by atoms with Crippen molar-refractivity contribution in [1.82, 2.24) is 4.98 Å². The molecule has 5 nitrogen and oxygen atoms in total. The summed E-state index contributed by atoms with van der Waals surface area (Å²) in [5.74, 6) is 0.625. The fourth-order valence-electron chi connectivity index (χ4n) is 4.35. The summed E-state index contributed by atoms with van der Waals surface area (Å²) in [6.45, 7) is 0. The van der Waals surface area contributed by atoms with Gasteiger partial charge in [0.1, 0.15) is 0 Å². The van der Waals surface area contributed by atoms with Crippen LogP contribution in [0.5, 0.6) is 0 Å². The predicted octanol–water partition coefficient (Wildman–Crippen LogP) is 5.75. The monoisotopic (exact) mass is 392 g/mol. The summed E-state index contributed by atoms with van der Waals surface area (Å²) in [4.78, 5) is 13.7. The number of hydrogen-bond acceptors (Lipinski definition) is 4. The molecule has 3 heterocycles. The van der Waals surface area contributed by atoms with Crippen LogP contribution in [-0.2, 0) is 0 Å². The number of nitrogens with zero attached hydrogens (tertiary/aromatic N) is 4. The van der Waals surface area contributed by atoms with Crippen LogP contribution in [0.4, 0.5) is 5.69 Å². The number of fused-ring (bicyclic) bond motifs is 2. The van der Waals surface area contributed by atoms with Gasteiger partial charge in [-0.1, -0.05) is 42.8 Å². The highest BCUT2D eigenvalue weighted by Gasteiger charge is 2.34. The van der Waals surface area contributed by atoms with Gasteiger partial charge in [-0.2, -0.15) is 0 Å². The number of anilines is 1. The van der Waals surface area contributed by atoms with Crippen LogP contribution in [0.1, 0.15) is 30.7 Å². The molecule has 0 amide bonds.